The van der Waals surface area contributed by atoms with Crippen LogP contribution in [-0.2, 0) is 0 Å². The van der Waals surface area contributed by atoms with Crippen molar-refractivity contribution >= 4 is 28.9 Å². The van der Waals surface area contributed by atoms with Crippen molar-refractivity contribution < 1.29 is 9.53 Å². The summed E-state index contributed by atoms with van der Waals surface area (Å²) in [6.07, 6.45) is 2.06. The Morgan fingerprint density at radius 1 is 1.17 bits per heavy atom. The molecular weight excluding hydrogens is 320 g/mol. The van der Waals surface area contributed by atoms with Gasteiger partial charge in [0.15, 0.2) is 5.11 Å². The van der Waals surface area contributed by atoms with Crippen LogP contribution < -0.4 is 15.4 Å². The fourth-order valence-corrected chi connectivity index (χ4v) is 2.25. The maximum absolute atomic E-state index is 12.3. The van der Waals surface area contributed by atoms with Crippen molar-refractivity contribution in [2.45, 2.75) is 26.7 Å². The molecule has 0 aromatic heterocycles. The minimum atomic E-state index is -0.263. The highest BCUT2D eigenvalue weighted by Crippen LogP contribution is 2.14. The number of hydrogen-bond acceptors (Lipinski definition) is 3. The molecule has 0 aliphatic carbocycles. The maximum Gasteiger partial charge on any atom is 0.257 e. The number of carbonyl (C=O) groups is 1. The average molecular weight is 342 g/mol. The van der Waals surface area contributed by atoms with Crippen molar-refractivity contribution in [2.75, 3.05) is 11.9 Å². The van der Waals surface area contributed by atoms with Gasteiger partial charge in [0.2, 0.25) is 0 Å². The number of anilines is 1. The molecule has 0 bridgehead atoms. The monoisotopic (exact) mass is 342 g/mol. The number of nitrogens with one attached hydrogen (secondary N) is 2. The number of aryl methyl sites for hydroxylation is 1. The molecule has 1 amide bonds. The molecule has 2 rings (SSSR count). The molecule has 0 spiro atoms. The molecule has 0 atom stereocenters. The lowest BCUT2D eigenvalue weighted by Crippen LogP contribution is -2.34. The lowest BCUT2D eigenvalue weighted by Gasteiger charge is -2.11. The summed E-state index contributed by atoms with van der Waals surface area (Å²) in [6.45, 7) is 4.77. The highest BCUT2D eigenvalue weighted by molar-refractivity contribution is 7.80. The van der Waals surface area contributed by atoms with Crippen LogP contribution in [0.3, 0.4) is 0 Å². The first-order chi connectivity index (χ1) is 11.6. The van der Waals surface area contributed by atoms with E-state index in [-0.39, 0.29) is 11.0 Å². The molecule has 2 aromatic carbocycles. The normalized spacial score (nSPS) is 10.1. The highest BCUT2D eigenvalue weighted by atomic mass is 32.1. The van der Waals surface area contributed by atoms with Crippen LogP contribution in [0.15, 0.2) is 48.5 Å². The summed E-state index contributed by atoms with van der Waals surface area (Å²) < 4.78 is 5.62. The molecule has 0 fully saturated rings. The summed E-state index contributed by atoms with van der Waals surface area (Å²) in [5.41, 5.74) is 2.51. The van der Waals surface area contributed by atoms with Crippen LogP contribution in [0.25, 0.3) is 0 Å². The Hall–Kier alpha value is -2.40. The van der Waals surface area contributed by atoms with E-state index in [1.807, 2.05) is 37.3 Å². The average Bonchev–Trinajstić information content (AvgIpc) is 2.57. The van der Waals surface area contributed by atoms with E-state index in [2.05, 4.69) is 17.6 Å². The van der Waals surface area contributed by atoms with Gasteiger partial charge in [-0.25, -0.2) is 0 Å². The lowest BCUT2D eigenvalue weighted by molar-refractivity contribution is 0.0977. The standard InChI is InChI=1S/C19H22N2O2S/c1-3-4-12-23-17-7-5-6-15(13-17)18(22)21-19(24)20-16-10-8-14(2)9-11-16/h5-11,13H,3-4,12H2,1-2H3,(H2,20,21,22,24). The molecule has 0 aliphatic heterocycles. The number of benzene rings is 2. The zero-order chi connectivity index (χ0) is 17.4. The van der Waals surface area contributed by atoms with E-state index < -0.39 is 0 Å². The van der Waals surface area contributed by atoms with Crippen LogP contribution in [0, 0.1) is 6.92 Å². The van der Waals surface area contributed by atoms with Gasteiger partial charge in [0.05, 0.1) is 6.61 Å². The Balaban J connectivity index is 1.92. The molecule has 0 saturated carbocycles. The van der Waals surface area contributed by atoms with E-state index in [0.29, 0.717) is 17.9 Å². The molecule has 0 radical (unpaired) electrons. The van der Waals surface area contributed by atoms with E-state index >= 15 is 0 Å². The summed E-state index contributed by atoms with van der Waals surface area (Å²) in [5, 5.41) is 5.94. The first-order valence-electron chi connectivity index (χ1n) is 8.00. The smallest absolute Gasteiger partial charge is 0.257 e. The fraction of sp³-hybridized carbons (Fsp3) is 0.263. The number of unbranched alkanes of at least 4 members (excludes halogenated alkanes) is 1. The van der Waals surface area contributed by atoms with Crippen LogP contribution in [0.5, 0.6) is 5.75 Å². The van der Waals surface area contributed by atoms with Gasteiger partial charge in [-0.15, -0.1) is 0 Å². The Morgan fingerprint density at radius 3 is 2.62 bits per heavy atom. The molecule has 4 nitrogen and oxygen atoms in total. The minimum absolute atomic E-state index is 0.263. The summed E-state index contributed by atoms with van der Waals surface area (Å²) in [6, 6.07) is 14.9. The van der Waals surface area contributed by atoms with Gasteiger partial charge >= 0.3 is 0 Å². The van der Waals surface area contributed by atoms with E-state index in [1.165, 1.54) is 0 Å². The number of thiocarbonyl (C=S) groups is 1. The Labute approximate surface area is 148 Å². The van der Waals surface area contributed by atoms with E-state index in [0.717, 1.165) is 24.1 Å². The molecule has 2 N–H and O–H groups in total. The third-order valence-corrected chi connectivity index (χ3v) is 3.60. The molecule has 126 valence electrons. The molecular formula is C19H22N2O2S. The molecule has 24 heavy (non-hydrogen) atoms. The van der Waals surface area contributed by atoms with Crippen LogP contribution in [0.2, 0.25) is 0 Å². The molecule has 5 heteroatoms. The van der Waals surface area contributed by atoms with E-state index in [4.69, 9.17) is 17.0 Å². The van der Waals surface area contributed by atoms with E-state index in [1.54, 1.807) is 18.2 Å². The Kier molecular flexibility index (Phi) is 6.75. The topological polar surface area (TPSA) is 50.4 Å². The third kappa shape index (κ3) is 5.66. The highest BCUT2D eigenvalue weighted by Gasteiger charge is 2.09. The summed E-state index contributed by atoms with van der Waals surface area (Å²) in [7, 11) is 0. The minimum Gasteiger partial charge on any atom is -0.494 e. The van der Waals surface area contributed by atoms with Crippen molar-refractivity contribution in [2.24, 2.45) is 0 Å². The summed E-state index contributed by atoms with van der Waals surface area (Å²) in [4.78, 5) is 12.3. The van der Waals surface area contributed by atoms with Crippen molar-refractivity contribution in [3.8, 4) is 5.75 Å². The van der Waals surface area contributed by atoms with Crippen molar-refractivity contribution in [3.63, 3.8) is 0 Å². The number of hydrogen-bond donors (Lipinski definition) is 2. The van der Waals surface area contributed by atoms with Crippen molar-refractivity contribution in [3.05, 3.63) is 59.7 Å². The summed E-state index contributed by atoms with van der Waals surface area (Å²) >= 11 is 5.19. The number of carbonyl (C=O) groups excluding carboxylic acids is 1. The van der Waals surface area contributed by atoms with Gasteiger partial charge in [0, 0.05) is 11.3 Å². The Morgan fingerprint density at radius 2 is 1.92 bits per heavy atom. The van der Waals surface area contributed by atoms with Crippen molar-refractivity contribution in [1.29, 1.82) is 0 Å². The first-order valence-corrected chi connectivity index (χ1v) is 8.41. The van der Waals surface area contributed by atoms with Gasteiger partial charge in [-0.05, 0) is 55.9 Å². The van der Waals surface area contributed by atoms with Crippen LogP contribution in [0.1, 0.15) is 35.7 Å². The summed E-state index contributed by atoms with van der Waals surface area (Å²) in [5.74, 6) is 0.425. The van der Waals surface area contributed by atoms with Crippen molar-refractivity contribution in [1.82, 2.24) is 5.32 Å². The fourth-order valence-electron chi connectivity index (χ4n) is 2.04. The second kappa shape index (κ2) is 9.03. The van der Waals surface area contributed by atoms with Gasteiger partial charge in [-0.2, -0.15) is 0 Å². The third-order valence-electron chi connectivity index (χ3n) is 3.40. The first kappa shape index (κ1) is 17.9. The molecule has 0 unspecified atom stereocenters. The van der Waals surface area contributed by atoms with Crippen LogP contribution in [0.4, 0.5) is 5.69 Å². The predicted molar refractivity (Wildman–Crippen MR) is 102 cm³/mol. The van der Waals surface area contributed by atoms with E-state index in [9.17, 15) is 4.79 Å². The lowest BCUT2D eigenvalue weighted by atomic mass is 10.2. The van der Waals surface area contributed by atoms with Gasteiger partial charge in [-0.1, -0.05) is 37.1 Å². The predicted octanol–water partition coefficient (Wildman–Crippen LogP) is 4.30. The zero-order valence-corrected chi connectivity index (χ0v) is 14.8. The number of ether oxygens (including phenoxy) is 1. The largest absolute Gasteiger partial charge is 0.494 e. The Bertz CT molecular complexity index is 699. The zero-order valence-electron chi connectivity index (χ0n) is 14.0. The maximum atomic E-state index is 12.3. The SMILES string of the molecule is CCCCOc1cccc(C(=O)NC(=S)Nc2ccc(C)cc2)c1. The quantitative estimate of drug-likeness (QED) is 0.607. The van der Waals surface area contributed by atoms with Gasteiger partial charge in [0.1, 0.15) is 5.75 Å². The second-order valence-electron chi connectivity index (χ2n) is 5.50. The number of rotatable bonds is 6. The van der Waals surface area contributed by atoms with Crippen LogP contribution in [-0.4, -0.2) is 17.6 Å². The molecule has 0 heterocycles. The van der Waals surface area contributed by atoms with Gasteiger partial charge in [-0.3, -0.25) is 10.1 Å². The van der Waals surface area contributed by atoms with Gasteiger partial charge in [0.25, 0.3) is 5.91 Å². The van der Waals surface area contributed by atoms with Crippen LogP contribution >= 0.6 is 12.2 Å². The number of amides is 1. The second-order valence-corrected chi connectivity index (χ2v) is 5.91. The van der Waals surface area contributed by atoms with Gasteiger partial charge < -0.3 is 10.1 Å². The molecule has 0 saturated heterocycles. The molecule has 0 aliphatic rings. The molecule has 2 aromatic rings.